The number of thioether (sulfide) groups is 1. The number of amides is 1. The summed E-state index contributed by atoms with van der Waals surface area (Å²) in [5.41, 5.74) is 3.36. The molecule has 4 aromatic rings. The lowest BCUT2D eigenvalue weighted by molar-refractivity contribution is -0.118. The van der Waals surface area contributed by atoms with Crippen LogP contribution in [-0.4, -0.2) is 31.2 Å². The van der Waals surface area contributed by atoms with E-state index >= 15 is 0 Å². The molecule has 0 unspecified atom stereocenters. The zero-order valence-corrected chi connectivity index (χ0v) is 19.1. The average Bonchev–Trinajstić information content (AvgIpc) is 3.50. The molecule has 3 heterocycles. The van der Waals surface area contributed by atoms with Crippen molar-refractivity contribution in [3.63, 3.8) is 0 Å². The number of hydrogen-bond acceptors (Lipinski definition) is 6. The van der Waals surface area contributed by atoms with E-state index in [-0.39, 0.29) is 11.5 Å². The van der Waals surface area contributed by atoms with Crippen LogP contribution in [0.15, 0.2) is 47.8 Å². The van der Waals surface area contributed by atoms with Gasteiger partial charge in [-0.3, -0.25) is 9.59 Å². The highest BCUT2D eigenvalue weighted by Gasteiger charge is 2.21. The van der Waals surface area contributed by atoms with Crippen LogP contribution < -0.4 is 10.9 Å². The number of H-pyrrole nitrogens is 1. The molecule has 2 N–H and O–H groups in total. The van der Waals surface area contributed by atoms with Gasteiger partial charge in [0.2, 0.25) is 5.91 Å². The average molecular weight is 466 g/mol. The first-order valence-electron chi connectivity index (χ1n) is 10.6. The Balaban J connectivity index is 1.12. The zero-order chi connectivity index (χ0) is 21.9. The molecule has 0 fully saturated rings. The van der Waals surface area contributed by atoms with Crippen LogP contribution in [0.5, 0.6) is 0 Å². The fraction of sp³-hybridized carbons (Fsp3) is 0.304. The van der Waals surface area contributed by atoms with Crippen LogP contribution in [0.4, 0.5) is 0 Å². The number of fused-ring (bicyclic) bond motifs is 3. The number of aromatic amines is 1. The number of carbonyl (C=O) groups is 1. The molecule has 5 rings (SSSR count). The molecule has 0 saturated heterocycles. The Morgan fingerprint density at radius 3 is 3.06 bits per heavy atom. The van der Waals surface area contributed by atoms with E-state index in [9.17, 15) is 9.59 Å². The van der Waals surface area contributed by atoms with Gasteiger partial charge in [0.1, 0.15) is 10.7 Å². The summed E-state index contributed by atoms with van der Waals surface area (Å²) in [5.74, 6) is 1.42. The monoisotopic (exact) mass is 465 g/mol. The maximum Gasteiger partial charge on any atom is 0.259 e. The number of aromatic nitrogens is 4. The second-order valence-corrected chi connectivity index (χ2v) is 9.94. The van der Waals surface area contributed by atoms with Gasteiger partial charge < -0.3 is 14.9 Å². The summed E-state index contributed by atoms with van der Waals surface area (Å²) in [6.07, 6.45) is 8.62. The Kier molecular flexibility index (Phi) is 6.09. The Hall–Kier alpha value is -2.91. The molecule has 0 bridgehead atoms. The Bertz CT molecular complexity index is 1310. The van der Waals surface area contributed by atoms with Crippen molar-refractivity contribution in [1.82, 2.24) is 24.8 Å². The van der Waals surface area contributed by atoms with E-state index in [0.717, 1.165) is 47.2 Å². The lowest BCUT2D eigenvalue weighted by Crippen LogP contribution is -2.24. The van der Waals surface area contributed by atoms with E-state index in [1.807, 2.05) is 22.9 Å². The highest BCUT2D eigenvalue weighted by molar-refractivity contribution is 7.99. The molecule has 3 aromatic heterocycles. The van der Waals surface area contributed by atoms with Crippen LogP contribution >= 0.6 is 23.1 Å². The van der Waals surface area contributed by atoms with E-state index < -0.39 is 0 Å². The van der Waals surface area contributed by atoms with Crippen molar-refractivity contribution in [2.45, 2.75) is 38.1 Å². The van der Waals surface area contributed by atoms with E-state index in [2.05, 4.69) is 32.4 Å². The first kappa shape index (κ1) is 21.0. The third kappa shape index (κ3) is 4.63. The lowest BCUT2D eigenvalue weighted by atomic mass is 10.1. The van der Waals surface area contributed by atoms with Crippen molar-refractivity contribution in [3.8, 4) is 0 Å². The maximum atomic E-state index is 12.5. The number of benzene rings is 1. The summed E-state index contributed by atoms with van der Waals surface area (Å²) < 4.78 is 2.01. The molecule has 1 aliphatic carbocycles. The van der Waals surface area contributed by atoms with Gasteiger partial charge >= 0.3 is 0 Å². The third-order valence-corrected chi connectivity index (χ3v) is 7.63. The van der Waals surface area contributed by atoms with Crippen molar-refractivity contribution in [2.75, 3.05) is 5.75 Å². The van der Waals surface area contributed by atoms with Crippen LogP contribution in [0.3, 0.4) is 0 Å². The van der Waals surface area contributed by atoms with Gasteiger partial charge in [0.15, 0.2) is 0 Å². The van der Waals surface area contributed by atoms with E-state index in [1.54, 1.807) is 23.9 Å². The number of carbonyl (C=O) groups excluding carboxylic acids is 1. The molecule has 7 nitrogen and oxygen atoms in total. The minimum absolute atomic E-state index is 0.0338. The van der Waals surface area contributed by atoms with Crippen LogP contribution in [-0.2, 0) is 36.5 Å². The Labute approximate surface area is 193 Å². The smallest absolute Gasteiger partial charge is 0.259 e. The van der Waals surface area contributed by atoms with Gasteiger partial charge in [-0.05, 0) is 36.0 Å². The SMILES string of the molecule is O=C(CSCc1nc2sc3c(c2c(=O)[nH]1)CCC3)NCc1cccc(Cn2ccnc2)c1. The largest absolute Gasteiger partial charge is 0.351 e. The van der Waals surface area contributed by atoms with Crippen molar-refractivity contribution in [1.29, 1.82) is 0 Å². The summed E-state index contributed by atoms with van der Waals surface area (Å²) in [7, 11) is 0. The second kappa shape index (κ2) is 9.30. The van der Waals surface area contributed by atoms with Crippen LogP contribution in [0, 0.1) is 0 Å². The number of hydrogen-bond donors (Lipinski definition) is 2. The standard InChI is InChI=1S/C23H23N5O2S2/c29-20(25-10-15-3-1-4-16(9-15)11-28-8-7-24-14-28)13-31-12-19-26-22(30)21-17-5-2-6-18(17)32-23(21)27-19/h1,3-4,7-9,14H,2,5-6,10-13H2,(H,25,29)(H,26,27,30). The molecular formula is C23H23N5O2S2. The van der Waals surface area contributed by atoms with E-state index in [0.29, 0.717) is 23.9 Å². The van der Waals surface area contributed by atoms with Crippen LogP contribution in [0.1, 0.15) is 33.8 Å². The van der Waals surface area contributed by atoms with Crippen LogP contribution in [0.2, 0.25) is 0 Å². The van der Waals surface area contributed by atoms with Gasteiger partial charge in [-0.1, -0.05) is 24.3 Å². The molecule has 0 atom stereocenters. The molecule has 1 aliphatic rings. The molecule has 9 heteroatoms. The van der Waals surface area contributed by atoms with Gasteiger partial charge in [0.05, 0.1) is 23.2 Å². The molecule has 0 spiro atoms. The maximum absolute atomic E-state index is 12.5. The summed E-state index contributed by atoms with van der Waals surface area (Å²) in [5, 5.41) is 3.74. The summed E-state index contributed by atoms with van der Waals surface area (Å²) in [6.45, 7) is 1.24. The highest BCUT2D eigenvalue weighted by atomic mass is 32.2. The summed E-state index contributed by atoms with van der Waals surface area (Å²) >= 11 is 3.09. The van der Waals surface area contributed by atoms with Crippen molar-refractivity contribution >= 4 is 39.2 Å². The molecule has 0 aliphatic heterocycles. The zero-order valence-electron chi connectivity index (χ0n) is 17.5. The van der Waals surface area contributed by atoms with Crippen LogP contribution in [0.25, 0.3) is 10.2 Å². The fourth-order valence-corrected chi connectivity index (χ4v) is 6.04. The van der Waals surface area contributed by atoms with Crippen molar-refractivity contribution < 1.29 is 4.79 Å². The van der Waals surface area contributed by atoms with E-state index in [4.69, 9.17) is 0 Å². The molecule has 1 aromatic carbocycles. The third-order valence-electron chi connectivity index (χ3n) is 5.50. The first-order chi connectivity index (χ1) is 15.7. The Morgan fingerprint density at radius 2 is 2.19 bits per heavy atom. The minimum atomic E-state index is -0.0509. The van der Waals surface area contributed by atoms with Gasteiger partial charge in [-0.2, -0.15) is 0 Å². The number of imidazole rings is 1. The number of nitrogens with zero attached hydrogens (tertiary/aromatic N) is 3. The lowest BCUT2D eigenvalue weighted by Gasteiger charge is -2.08. The number of rotatable bonds is 8. The van der Waals surface area contributed by atoms with Gasteiger partial charge in [0.25, 0.3) is 5.56 Å². The molecule has 0 saturated carbocycles. The molecule has 32 heavy (non-hydrogen) atoms. The minimum Gasteiger partial charge on any atom is -0.351 e. The first-order valence-corrected chi connectivity index (χ1v) is 12.5. The quantitative estimate of drug-likeness (QED) is 0.417. The summed E-state index contributed by atoms with van der Waals surface area (Å²) in [4.78, 5) is 38.5. The van der Waals surface area contributed by atoms with Gasteiger partial charge in [-0.25, -0.2) is 9.97 Å². The predicted molar refractivity (Wildman–Crippen MR) is 128 cm³/mol. The predicted octanol–water partition coefficient (Wildman–Crippen LogP) is 3.27. The Morgan fingerprint density at radius 1 is 1.28 bits per heavy atom. The molecule has 164 valence electrons. The van der Waals surface area contributed by atoms with E-state index in [1.165, 1.54) is 22.2 Å². The second-order valence-electron chi connectivity index (χ2n) is 7.87. The van der Waals surface area contributed by atoms with Gasteiger partial charge in [0, 0.05) is 30.4 Å². The normalized spacial score (nSPS) is 12.9. The molecular weight excluding hydrogens is 442 g/mol. The topological polar surface area (TPSA) is 92.7 Å². The number of aryl methyl sites for hydroxylation is 2. The van der Waals surface area contributed by atoms with Gasteiger partial charge in [-0.15, -0.1) is 23.1 Å². The number of thiophene rings is 1. The molecule has 0 radical (unpaired) electrons. The summed E-state index contributed by atoms with van der Waals surface area (Å²) in [6, 6.07) is 8.16. The van der Waals surface area contributed by atoms with Crippen molar-refractivity contribution in [2.24, 2.45) is 0 Å². The molecule has 1 amide bonds. The fourth-order valence-electron chi connectivity index (χ4n) is 4.04. The van der Waals surface area contributed by atoms with Crippen molar-refractivity contribution in [3.05, 3.63) is 80.7 Å². The highest BCUT2D eigenvalue weighted by Crippen LogP contribution is 2.34. The number of nitrogens with one attached hydrogen (secondary N) is 2.